The van der Waals surface area contributed by atoms with E-state index in [9.17, 15) is 9.18 Å². The average molecular weight is 263 g/mol. The average Bonchev–Trinajstić information content (AvgIpc) is 2.24. The number of halogens is 1. The molecule has 1 amide bonds. The van der Waals surface area contributed by atoms with Crippen molar-refractivity contribution in [3.63, 3.8) is 0 Å². The lowest BCUT2D eigenvalue weighted by molar-refractivity contribution is -0.0884. The van der Waals surface area contributed by atoms with Crippen molar-refractivity contribution in [3.05, 3.63) is 0 Å². The van der Waals surface area contributed by atoms with E-state index in [1.165, 1.54) is 11.8 Å². The van der Waals surface area contributed by atoms with Crippen LogP contribution in [0.2, 0.25) is 0 Å². The number of amides is 1. The van der Waals surface area contributed by atoms with Gasteiger partial charge in [0, 0.05) is 6.54 Å². The standard InChI is InChI=1S/C12H22FNO4/c1-9(13)17-8-10-7-16-6-5-14(10)11(15)18-12(2,3)4/h9-10H,5-8H2,1-4H3/t9?,10-/m0/s1. The molecule has 1 aliphatic heterocycles. The van der Waals surface area contributed by atoms with Gasteiger partial charge in [0.25, 0.3) is 0 Å². The second-order valence-corrected chi connectivity index (χ2v) is 5.28. The molecule has 2 atom stereocenters. The highest BCUT2D eigenvalue weighted by Gasteiger charge is 2.31. The van der Waals surface area contributed by atoms with Crippen molar-refractivity contribution in [2.75, 3.05) is 26.4 Å². The molecule has 1 saturated heterocycles. The zero-order valence-electron chi connectivity index (χ0n) is 11.4. The number of carbonyl (C=O) groups is 1. The smallest absolute Gasteiger partial charge is 0.410 e. The molecule has 0 radical (unpaired) electrons. The molecule has 18 heavy (non-hydrogen) atoms. The highest BCUT2D eigenvalue weighted by molar-refractivity contribution is 5.68. The van der Waals surface area contributed by atoms with Crippen molar-refractivity contribution in [3.8, 4) is 0 Å². The van der Waals surface area contributed by atoms with Gasteiger partial charge in [-0.15, -0.1) is 0 Å². The van der Waals surface area contributed by atoms with Gasteiger partial charge in [-0.05, 0) is 27.7 Å². The quantitative estimate of drug-likeness (QED) is 0.781. The summed E-state index contributed by atoms with van der Waals surface area (Å²) in [5, 5.41) is 0. The number of hydrogen-bond donors (Lipinski definition) is 0. The molecule has 0 saturated carbocycles. The fraction of sp³-hybridized carbons (Fsp3) is 0.917. The van der Waals surface area contributed by atoms with Gasteiger partial charge in [0.1, 0.15) is 5.60 Å². The van der Waals surface area contributed by atoms with Crippen LogP contribution in [0.3, 0.4) is 0 Å². The van der Waals surface area contributed by atoms with Crippen LogP contribution in [0.1, 0.15) is 27.7 Å². The first-order chi connectivity index (χ1) is 8.29. The van der Waals surface area contributed by atoms with Crippen LogP contribution in [0.5, 0.6) is 0 Å². The molecular weight excluding hydrogens is 241 g/mol. The predicted octanol–water partition coefficient (Wildman–Crippen LogP) is 1.95. The summed E-state index contributed by atoms with van der Waals surface area (Å²) in [5.74, 6) is 0. The molecule has 0 N–H and O–H groups in total. The SMILES string of the molecule is CC(F)OC[C@@H]1COCCN1C(=O)OC(C)(C)C. The molecule has 0 spiro atoms. The summed E-state index contributed by atoms with van der Waals surface area (Å²) in [7, 11) is 0. The molecule has 0 aromatic carbocycles. The van der Waals surface area contributed by atoms with Gasteiger partial charge >= 0.3 is 6.09 Å². The molecule has 1 fully saturated rings. The van der Waals surface area contributed by atoms with E-state index in [2.05, 4.69) is 0 Å². The highest BCUT2D eigenvalue weighted by atomic mass is 19.1. The van der Waals surface area contributed by atoms with Gasteiger partial charge in [-0.25, -0.2) is 9.18 Å². The number of hydrogen-bond acceptors (Lipinski definition) is 4. The maximum Gasteiger partial charge on any atom is 0.410 e. The number of nitrogens with zero attached hydrogens (tertiary/aromatic N) is 1. The summed E-state index contributed by atoms with van der Waals surface area (Å²) < 4.78 is 28.1. The van der Waals surface area contributed by atoms with Crippen LogP contribution in [0, 0.1) is 0 Å². The Morgan fingerprint density at radius 2 is 2.22 bits per heavy atom. The molecule has 1 rings (SSSR count). The number of rotatable bonds is 3. The first-order valence-electron chi connectivity index (χ1n) is 6.12. The van der Waals surface area contributed by atoms with E-state index >= 15 is 0 Å². The second kappa shape index (κ2) is 6.33. The Bertz CT molecular complexity index is 278. The lowest BCUT2D eigenvalue weighted by atomic mass is 10.2. The van der Waals surface area contributed by atoms with Gasteiger partial charge in [0.2, 0.25) is 0 Å². The Hall–Kier alpha value is -0.880. The monoisotopic (exact) mass is 263 g/mol. The molecule has 0 aromatic rings. The van der Waals surface area contributed by atoms with Crippen molar-refractivity contribution in [2.45, 2.75) is 45.7 Å². The number of carbonyl (C=O) groups excluding carboxylic acids is 1. The number of ether oxygens (including phenoxy) is 3. The van der Waals surface area contributed by atoms with Gasteiger partial charge in [-0.1, -0.05) is 0 Å². The Labute approximate surface area is 107 Å². The molecule has 1 heterocycles. The third kappa shape index (κ3) is 5.18. The third-order valence-electron chi connectivity index (χ3n) is 2.37. The molecule has 0 aliphatic carbocycles. The summed E-state index contributed by atoms with van der Waals surface area (Å²) >= 11 is 0. The summed E-state index contributed by atoms with van der Waals surface area (Å²) in [5.41, 5.74) is -0.547. The summed E-state index contributed by atoms with van der Waals surface area (Å²) in [6.45, 7) is 8.07. The molecule has 0 bridgehead atoms. The molecule has 6 heteroatoms. The zero-order valence-corrected chi connectivity index (χ0v) is 11.4. The number of morpholine rings is 1. The topological polar surface area (TPSA) is 48.0 Å². The molecule has 1 unspecified atom stereocenters. The van der Waals surface area contributed by atoms with Crippen LogP contribution < -0.4 is 0 Å². The first kappa shape index (κ1) is 15.2. The van der Waals surface area contributed by atoms with Crippen LogP contribution in [-0.2, 0) is 14.2 Å². The van der Waals surface area contributed by atoms with E-state index < -0.39 is 18.1 Å². The van der Waals surface area contributed by atoms with E-state index in [-0.39, 0.29) is 12.6 Å². The normalized spacial score (nSPS) is 22.7. The van der Waals surface area contributed by atoms with Crippen molar-refractivity contribution < 1.29 is 23.4 Å². The minimum absolute atomic E-state index is 0.108. The summed E-state index contributed by atoms with van der Waals surface area (Å²) in [6, 6.07) is -0.299. The fourth-order valence-corrected chi connectivity index (χ4v) is 1.60. The lowest BCUT2D eigenvalue weighted by Gasteiger charge is -2.36. The van der Waals surface area contributed by atoms with Crippen molar-refractivity contribution in [1.29, 1.82) is 0 Å². The number of alkyl halides is 1. The van der Waals surface area contributed by atoms with Gasteiger partial charge in [0.15, 0.2) is 6.36 Å². The maximum atomic E-state index is 12.7. The summed E-state index contributed by atoms with van der Waals surface area (Å²) in [4.78, 5) is 13.5. The molecule has 5 nitrogen and oxygen atoms in total. The van der Waals surface area contributed by atoms with Gasteiger partial charge < -0.3 is 14.2 Å². The first-order valence-corrected chi connectivity index (χ1v) is 6.12. The Balaban J connectivity index is 2.55. The minimum Gasteiger partial charge on any atom is -0.444 e. The van der Waals surface area contributed by atoms with Gasteiger partial charge in [-0.2, -0.15) is 0 Å². The second-order valence-electron chi connectivity index (χ2n) is 5.28. The zero-order chi connectivity index (χ0) is 13.8. The van der Waals surface area contributed by atoms with E-state index in [1.54, 1.807) is 20.8 Å². The van der Waals surface area contributed by atoms with Gasteiger partial charge in [0.05, 0.1) is 25.9 Å². The van der Waals surface area contributed by atoms with Gasteiger partial charge in [-0.3, -0.25) is 4.90 Å². The molecule has 106 valence electrons. The van der Waals surface area contributed by atoms with Crippen LogP contribution >= 0.6 is 0 Å². The molecule has 1 aliphatic rings. The van der Waals surface area contributed by atoms with E-state index in [0.717, 1.165) is 0 Å². The minimum atomic E-state index is -1.35. The van der Waals surface area contributed by atoms with Crippen LogP contribution in [0.25, 0.3) is 0 Å². The largest absolute Gasteiger partial charge is 0.444 e. The van der Waals surface area contributed by atoms with Crippen molar-refractivity contribution >= 4 is 6.09 Å². The van der Waals surface area contributed by atoms with E-state index in [4.69, 9.17) is 14.2 Å². The Morgan fingerprint density at radius 1 is 1.56 bits per heavy atom. The van der Waals surface area contributed by atoms with Crippen molar-refractivity contribution in [1.82, 2.24) is 4.90 Å². The molecule has 0 aromatic heterocycles. The van der Waals surface area contributed by atoms with Crippen molar-refractivity contribution in [2.24, 2.45) is 0 Å². The van der Waals surface area contributed by atoms with E-state index in [1.807, 2.05) is 0 Å². The fourth-order valence-electron chi connectivity index (χ4n) is 1.60. The Kier molecular flexibility index (Phi) is 5.34. The van der Waals surface area contributed by atoms with E-state index in [0.29, 0.717) is 19.8 Å². The van der Waals surface area contributed by atoms with Crippen LogP contribution in [-0.4, -0.2) is 55.4 Å². The predicted molar refractivity (Wildman–Crippen MR) is 64.1 cm³/mol. The third-order valence-corrected chi connectivity index (χ3v) is 2.37. The summed E-state index contributed by atoms with van der Waals surface area (Å²) in [6.07, 6.45) is -1.77. The molecular formula is C12H22FNO4. The lowest BCUT2D eigenvalue weighted by Crippen LogP contribution is -2.52. The van der Waals surface area contributed by atoms with Crippen LogP contribution in [0.15, 0.2) is 0 Å². The maximum absolute atomic E-state index is 12.7. The highest BCUT2D eigenvalue weighted by Crippen LogP contribution is 2.15. The Morgan fingerprint density at radius 3 is 2.78 bits per heavy atom. The van der Waals surface area contributed by atoms with Crippen LogP contribution in [0.4, 0.5) is 9.18 Å².